The summed E-state index contributed by atoms with van der Waals surface area (Å²) in [5, 5.41) is 30.2. The van der Waals surface area contributed by atoms with E-state index < -0.39 is 18.3 Å². The second-order valence-corrected chi connectivity index (χ2v) is 15.8. The molecule has 1 saturated carbocycles. The van der Waals surface area contributed by atoms with E-state index in [0.717, 1.165) is 63.7 Å². The van der Waals surface area contributed by atoms with Gasteiger partial charge in [-0.3, -0.25) is 14.4 Å². The predicted molar refractivity (Wildman–Crippen MR) is 211 cm³/mol. The lowest BCUT2D eigenvalue weighted by molar-refractivity contribution is -0.161. The van der Waals surface area contributed by atoms with Gasteiger partial charge in [-0.05, 0) is 31.6 Å². The van der Waals surface area contributed by atoms with Gasteiger partial charge in [0.05, 0.1) is 18.8 Å². The third kappa shape index (κ3) is 25.3. The van der Waals surface area contributed by atoms with Crippen molar-refractivity contribution in [2.75, 3.05) is 13.2 Å². The molecule has 0 saturated heterocycles. The molecule has 1 unspecified atom stereocenters. The van der Waals surface area contributed by atoms with Crippen LogP contribution in [-0.4, -0.2) is 64.6 Å². The Bertz CT molecular complexity index is 920. The van der Waals surface area contributed by atoms with Crippen molar-refractivity contribution in [3.63, 3.8) is 0 Å². The first kappa shape index (κ1) is 48.2. The zero-order valence-corrected chi connectivity index (χ0v) is 33.7. The predicted octanol–water partition coefficient (Wildman–Crippen LogP) is 10.1. The quantitative estimate of drug-likeness (QED) is 0.0333. The summed E-state index contributed by atoms with van der Waals surface area (Å²) in [6.45, 7) is 6.23. The minimum Gasteiger partial charge on any atom is -0.462 e. The Kier molecular flexibility index (Phi) is 30.3. The monoisotopic (exact) mass is 737 g/mol. The molecule has 6 atom stereocenters. The Morgan fingerprint density at radius 2 is 1.27 bits per heavy atom. The molecular weight excluding hydrogens is 656 g/mol. The molecule has 0 aromatic carbocycles. The van der Waals surface area contributed by atoms with Gasteiger partial charge >= 0.3 is 11.9 Å². The highest BCUT2D eigenvalue weighted by molar-refractivity contribution is 5.84. The largest absolute Gasteiger partial charge is 0.462 e. The maximum Gasteiger partial charge on any atom is 0.306 e. The Morgan fingerprint density at radius 3 is 1.83 bits per heavy atom. The van der Waals surface area contributed by atoms with Crippen LogP contribution in [0.15, 0.2) is 12.2 Å². The van der Waals surface area contributed by atoms with E-state index in [1.54, 1.807) is 6.08 Å². The molecule has 0 aliphatic heterocycles. The first-order valence-electron chi connectivity index (χ1n) is 21.7. The van der Waals surface area contributed by atoms with Gasteiger partial charge in [0, 0.05) is 31.1 Å². The normalized spacial score (nSPS) is 19.3. The summed E-state index contributed by atoms with van der Waals surface area (Å²) in [5.74, 6) is -0.247. The van der Waals surface area contributed by atoms with Crippen LogP contribution in [0.5, 0.6) is 0 Å². The lowest BCUT2D eigenvalue weighted by atomic mass is 9.88. The molecule has 3 N–H and O–H groups in total. The van der Waals surface area contributed by atoms with Crippen LogP contribution < -0.4 is 0 Å². The number of hydrogen-bond donors (Lipinski definition) is 3. The van der Waals surface area contributed by atoms with Crippen molar-refractivity contribution in [2.45, 2.75) is 219 Å². The van der Waals surface area contributed by atoms with E-state index in [1.165, 1.54) is 83.5 Å². The fourth-order valence-corrected chi connectivity index (χ4v) is 7.25. The minimum absolute atomic E-state index is 0.0837. The number of esters is 2. The zero-order chi connectivity index (χ0) is 38.2. The molecule has 1 rings (SSSR count). The van der Waals surface area contributed by atoms with E-state index in [1.807, 2.05) is 6.08 Å². The summed E-state index contributed by atoms with van der Waals surface area (Å²) < 4.78 is 10.6. The Morgan fingerprint density at radius 1 is 0.750 bits per heavy atom. The Labute approximate surface area is 318 Å². The van der Waals surface area contributed by atoms with Gasteiger partial charge in [0.2, 0.25) is 0 Å². The first-order valence-corrected chi connectivity index (χ1v) is 21.7. The molecule has 0 heterocycles. The van der Waals surface area contributed by atoms with E-state index in [9.17, 15) is 29.7 Å². The van der Waals surface area contributed by atoms with Crippen molar-refractivity contribution in [1.82, 2.24) is 0 Å². The van der Waals surface area contributed by atoms with Crippen molar-refractivity contribution >= 4 is 17.7 Å². The molecule has 0 aromatic heterocycles. The average molecular weight is 737 g/mol. The Balaban J connectivity index is 2.03. The molecule has 8 heteroatoms. The molecule has 8 nitrogen and oxygen atoms in total. The highest BCUT2D eigenvalue weighted by atomic mass is 16.6. The van der Waals surface area contributed by atoms with Crippen molar-refractivity contribution in [2.24, 2.45) is 17.8 Å². The van der Waals surface area contributed by atoms with E-state index in [2.05, 4.69) is 20.8 Å². The molecule has 0 amide bonds. The van der Waals surface area contributed by atoms with Crippen molar-refractivity contribution in [1.29, 1.82) is 0 Å². The summed E-state index contributed by atoms with van der Waals surface area (Å²) in [6.07, 6.45) is 30.2. The van der Waals surface area contributed by atoms with Crippen molar-refractivity contribution < 1.29 is 39.2 Å². The zero-order valence-electron chi connectivity index (χ0n) is 33.7. The van der Waals surface area contributed by atoms with E-state index in [0.29, 0.717) is 25.7 Å². The minimum atomic E-state index is -0.843. The smallest absolute Gasteiger partial charge is 0.306 e. The number of carbonyl (C=O) groups is 3. The topological polar surface area (TPSA) is 130 Å². The van der Waals surface area contributed by atoms with E-state index >= 15 is 0 Å². The maximum absolute atomic E-state index is 12.5. The number of carbonyl (C=O) groups excluding carboxylic acids is 3. The fraction of sp³-hybridized carbons (Fsp3) is 0.886. The van der Waals surface area contributed by atoms with Gasteiger partial charge in [0.15, 0.2) is 6.10 Å². The number of Topliss-reactive ketones (excluding diaryl/α,β-unsaturated/α-hetero) is 1. The van der Waals surface area contributed by atoms with Crippen LogP contribution in [0.2, 0.25) is 0 Å². The molecule has 1 fully saturated rings. The third-order valence-electron chi connectivity index (χ3n) is 11.0. The Hall–Kier alpha value is -1.77. The van der Waals surface area contributed by atoms with Crippen LogP contribution in [0.3, 0.4) is 0 Å². The van der Waals surface area contributed by atoms with Gasteiger partial charge in [-0.2, -0.15) is 0 Å². The molecule has 0 bridgehead atoms. The summed E-state index contributed by atoms with van der Waals surface area (Å²) in [6, 6.07) is 0. The summed E-state index contributed by atoms with van der Waals surface area (Å²) >= 11 is 0. The SMILES string of the molecule is CCCCC[C@H](O)/C=C/[C@H]1[C@H](O)CC(=O)[C@@H]1CCCCCCC(=O)OC[C@H](CO)OC(=O)CCCCCCCCCCCCCCCCC(C)CC. The van der Waals surface area contributed by atoms with Gasteiger partial charge in [-0.15, -0.1) is 0 Å². The molecule has 0 radical (unpaired) electrons. The summed E-state index contributed by atoms with van der Waals surface area (Å²) in [5.41, 5.74) is 0. The van der Waals surface area contributed by atoms with Gasteiger partial charge in [0.25, 0.3) is 0 Å². The number of aliphatic hydroxyl groups excluding tert-OH is 3. The molecule has 1 aliphatic rings. The van der Waals surface area contributed by atoms with Crippen molar-refractivity contribution in [3.8, 4) is 0 Å². The number of unbranched alkanes of at least 4 members (excludes halogenated alkanes) is 18. The first-order chi connectivity index (χ1) is 25.2. The van der Waals surface area contributed by atoms with Crippen LogP contribution in [0.4, 0.5) is 0 Å². The molecule has 0 aromatic rings. The standard InChI is InChI=1S/C44H80O8/c1-4-6-21-27-37(46)31-32-40-39(41(47)33-42(40)48)28-23-19-20-24-29-43(49)51-35-38(34-45)52-44(50)30-25-18-16-14-12-10-8-7-9-11-13-15-17-22-26-36(3)5-2/h31-32,36-40,42,45-46,48H,4-30,33-35H2,1-3H3/b32-31+/t36?,37-,38-,39+,40+,42+/m0/s1. The molecule has 0 spiro atoms. The summed E-state index contributed by atoms with van der Waals surface area (Å²) in [7, 11) is 0. The number of ketones is 1. The molecule has 304 valence electrons. The number of hydrogen-bond acceptors (Lipinski definition) is 8. The maximum atomic E-state index is 12.5. The van der Waals surface area contributed by atoms with Crippen LogP contribution >= 0.6 is 0 Å². The van der Waals surface area contributed by atoms with Crippen LogP contribution in [0, 0.1) is 17.8 Å². The number of ether oxygens (including phenoxy) is 2. The molecule has 1 aliphatic carbocycles. The second kappa shape index (κ2) is 32.6. The van der Waals surface area contributed by atoms with E-state index in [-0.39, 0.29) is 55.6 Å². The molecule has 52 heavy (non-hydrogen) atoms. The lowest BCUT2D eigenvalue weighted by Crippen LogP contribution is -2.28. The van der Waals surface area contributed by atoms with Crippen LogP contribution in [0.1, 0.15) is 201 Å². The second-order valence-electron chi connectivity index (χ2n) is 15.8. The third-order valence-corrected chi connectivity index (χ3v) is 11.0. The van der Waals surface area contributed by atoms with Gasteiger partial charge in [-0.1, -0.05) is 168 Å². The lowest BCUT2D eigenvalue weighted by Gasteiger charge is -2.18. The van der Waals surface area contributed by atoms with E-state index in [4.69, 9.17) is 9.47 Å². The van der Waals surface area contributed by atoms with Gasteiger partial charge in [-0.25, -0.2) is 0 Å². The average Bonchev–Trinajstić information content (AvgIpc) is 3.40. The number of aliphatic hydroxyl groups is 3. The summed E-state index contributed by atoms with van der Waals surface area (Å²) in [4.78, 5) is 37.0. The van der Waals surface area contributed by atoms with Gasteiger partial charge in [0.1, 0.15) is 12.4 Å². The fourth-order valence-electron chi connectivity index (χ4n) is 7.25. The molecular formula is C44H80O8. The number of rotatable bonds is 35. The van der Waals surface area contributed by atoms with Gasteiger partial charge < -0.3 is 24.8 Å². The highest BCUT2D eigenvalue weighted by Gasteiger charge is 2.39. The highest BCUT2D eigenvalue weighted by Crippen LogP contribution is 2.34. The van der Waals surface area contributed by atoms with Crippen molar-refractivity contribution in [3.05, 3.63) is 12.2 Å². The van der Waals surface area contributed by atoms with Crippen LogP contribution in [0.25, 0.3) is 0 Å². The van der Waals surface area contributed by atoms with Crippen LogP contribution in [-0.2, 0) is 23.9 Å².